The molecule has 1 fully saturated rings. The number of rotatable bonds is 7. The summed E-state index contributed by atoms with van der Waals surface area (Å²) >= 11 is 0. The highest BCUT2D eigenvalue weighted by Crippen LogP contribution is 2.19. The van der Waals surface area contributed by atoms with Crippen LogP contribution in [0.4, 0.5) is 0 Å². The van der Waals surface area contributed by atoms with Gasteiger partial charge in [-0.1, -0.05) is 18.2 Å². The molecule has 1 amide bonds. The summed E-state index contributed by atoms with van der Waals surface area (Å²) < 4.78 is 33.6. The van der Waals surface area contributed by atoms with Crippen LogP contribution in [0.15, 0.2) is 35.2 Å². The van der Waals surface area contributed by atoms with Crippen LogP contribution in [0.2, 0.25) is 0 Å². The van der Waals surface area contributed by atoms with Crippen molar-refractivity contribution >= 4 is 15.9 Å². The number of hydrogen-bond acceptors (Lipinski definition) is 5. The van der Waals surface area contributed by atoms with Gasteiger partial charge in [0.25, 0.3) is 0 Å². The number of carbonyl (C=O) groups is 1. The lowest BCUT2D eigenvalue weighted by Gasteiger charge is -2.32. The lowest BCUT2D eigenvalue weighted by molar-refractivity contribution is -0.132. The number of sulfonamides is 1. The van der Waals surface area contributed by atoms with E-state index < -0.39 is 10.0 Å². The molecule has 0 saturated carbocycles. The van der Waals surface area contributed by atoms with Gasteiger partial charge in [-0.25, -0.2) is 13.1 Å². The maximum Gasteiger partial charge on any atom is 0.244 e. The van der Waals surface area contributed by atoms with Crippen molar-refractivity contribution in [2.45, 2.75) is 44.0 Å². The van der Waals surface area contributed by atoms with Crippen molar-refractivity contribution < 1.29 is 17.9 Å². The molecule has 1 aromatic heterocycles. The monoisotopic (exact) mass is 406 g/mol. The van der Waals surface area contributed by atoms with E-state index in [9.17, 15) is 13.2 Å². The molecule has 0 unspecified atom stereocenters. The van der Waals surface area contributed by atoms with Crippen LogP contribution in [-0.4, -0.2) is 55.2 Å². The third kappa shape index (κ3) is 4.90. The SMILES string of the molecule is Cc1n[nH]c(C)c1S(=O)(=O)NC1CCN(C(=O)CCOc2ccccc2)CC1. The van der Waals surface area contributed by atoms with Crippen molar-refractivity contribution in [1.29, 1.82) is 0 Å². The molecule has 0 bridgehead atoms. The van der Waals surface area contributed by atoms with Crippen molar-refractivity contribution in [3.05, 3.63) is 41.7 Å². The summed E-state index contributed by atoms with van der Waals surface area (Å²) in [6.07, 6.45) is 1.47. The first kappa shape index (κ1) is 20.3. The van der Waals surface area contributed by atoms with E-state index in [1.54, 1.807) is 18.7 Å². The van der Waals surface area contributed by atoms with E-state index in [2.05, 4.69) is 14.9 Å². The molecule has 8 nitrogen and oxygen atoms in total. The van der Waals surface area contributed by atoms with Crippen molar-refractivity contribution in [2.24, 2.45) is 0 Å². The summed E-state index contributed by atoms with van der Waals surface area (Å²) in [6, 6.07) is 9.19. The van der Waals surface area contributed by atoms with Crippen molar-refractivity contribution in [2.75, 3.05) is 19.7 Å². The number of aromatic amines is 1. The number of hydrogen-bond donors (Lipinski definition) is 2. The molecular formula is C19H26N4O4S. The van der Waals surface area contributed by atoms with E-state index in [1.165, 1.54) is 0 Å². The summed E-state index contributed by atoms with van der Waals surface area (Å²) in [7, 11) is -3.63. The van der Waals surface area contributed by atoms with E-state index in [1.807, 2.05) is 30.3 Å². The molecule has 152 valence electrons. The van der Waals surface area contributed by atoms with Crippen LogP contribution in [0, 0.1) is 13.8 Å². The molecule has 9 heteroatoms. The number of H-pyrrole nitrogens is 1. The molecule has 1 aromatic carbocycles. The molecule has 0 atom stereocenters. The van der Waals surface area contributed by atoms with Gasteiger partial charge in [0.2, 0.25) is 15.9 Å². The van der Waals surface area contributed by atoms with E-state index in [-0.39, 0.29) is 16.8 Å². The fourth-order valence-electron chi connectivity index (χ4n) is 3.39. The predicted molar refractivity (Wildman–Crippen MR) is 105 cm³/mol. The number of aryl methyl sites for hydroxylation is 2. The largest absolute Gasteiger partial charge is 0.493 e. The van der Waals surface area contributed by atoms with Gasteiger partial charge in [0, 0.05) is 19.1 Å². The molecular weight excluding hydrogens is 380 g/mol. The Hall–Kier alpha value is -2.39. The van der Waals surface area contributed by atoms with Gasteiger partial charge >= 0.3 is 0 Å². The van der Waals surface area contributed by atoms with E-state index in [4.69, 9.17) is 4.74 Å². The average Bonchev–Trinajstić information content (AvgIpc) is 3.02. The summed E-state index contributed by atoms with van der Waals surface area (Å²) in [5.74, 6) is 0.770. The first-order valence-electron chi connectivity index (χ1n) is 9.36. The molecule has 1 aliphatic rings. The summed E-state index contributed by atoms with van der Waals surface area (Å²) in [5.41, 5.74) is 0.979. The zero-order chi connectivity index (χ0) is 20.1. The second-order valence-electron chi connectivity index (χ2n) is 6.95. The Bertz CT molecular complexity index is 884. The van der Waals surface area contributed by atoms with Crippen LogP contribution in [-0.2, 0) is 14.8 Å². The Morgan fingerprint density at radius 1 is 1.25 bits per heavy atom. The Kier molecular flexibility index (Phi) is 6.35. The molecule has 28 heavy (non-hydrogen) atoms. The van der Waals surface area contributed by atoms with E-state index in [0.717, 1.165) is 5.75 Å². The molecule has 2 heterocycles. The second-order valence-corrected chi connectivity index (χ2v) is 8.60. The van der Waals surface area contributed by atoms with Gasteiger partial charge in [-0.15, -0.1) is 0 Å². The minimum absolute atomic E-state index is 0.0266. The molecule has 0 radical (unpaired) electrons. The number of nitrogens with one attached hydrogen (secondary N) is 2. The Balaban J connectivity index is 1.46. The van der Waals surface area contributed by atoms with Crippen molar-refractivity contribution in [1.82, 2.24) is 19.8 Å². The zero-order valence-corrected chi connectivity index (χ0v) is 17.0. The van der Waals surface area contributed by atoms with Gasteiger partial charge in [-0.3, -0.25) is 9.89 Å². The highest BCUT2D eigenvalue weighted by molar-refractivity contribution is 7.89. The van der Waals surface area contributed by atoms with Gasteiger partial charge in [-0.05, 0) is 38.8 Å². The normalized spacial score (nSPS) is 15.6. The quantitative estimate of drug-likeness (QED) is 0.729. The van der Waals surface area contributed by atoms with Crippen LogP contribution in [0.1, 0.15) is 30.7 Å². The Morgan fingerprint density at radius 3 is 2.54 bits per heavy atom. The van der Waals surface area contributed by atoms with Crippen LogP contribution in [0.5, 0.6) is 5.75 Å². The number of piperidine rings is 1. The lowest BCUT2D eigenvalue weighted by Crippen LogP contribution is -2.46. The van der Waals surface area contributed by atoms with Gasteiger partial charge < -0.3 is 9.64 Å². The van der Waals surface area contributed by atoms with Crippen LogP contribution < -0.4 is 9.46 Å². The first-order valence-corrected chi connectivity index (χ1v) is 10.8. The third-order valence-electron chi connectivity index (χ3n) is 4.83. The smallest absolute Gasteiger partial charge is 0.244 e. The number of ether oxygens (including phenoxy) is 1. The Morgan fingerprint density at radius 2 is 1.93 bits per heavy atom. The van der Waals surface area contributed by atoms with Crippen LogP contribution >= 0.6 is 0 Å². The summed E-state index contributed by atoms with van der Waals surface area (Å²) in [5, 5.41) is 6.65. The molecule has 1 saturated heterocycles. The standard InChI is InChI=1S/C19H26N4O4S/c1-14-19(15(2)21-20-14)28(25,26)22-16-8-11-23(12-9-16)18(24)10-13-27-17-6-4-3-5-7-17/h3-7,16,22H,8-13H2,1-2H3,(H,20,21). The van der Waals surface area contributed by atoms with E-state index >= 15 is 0 Å². The topological polar surface area (TPSA) is 104 Å². The van der Waals surface area contributed by atoms with Crippen molar-refractivity contribution in [3.8, 4) is 5.75 Å². The molecule has 3 rings (SSSR count). The number of benzene rings is 1. The average molecular weight is 407 g/mol. The first-order chi connectivity index (χ1) is 13.4. The number of amides is 1. The zero-order valence-electron chi connectivity index (χ0n) is 16.1. The van der Waals surface area contributed by atoms with Crippen LogP contribution in [0.3, 0.4) is 0 Å². The maximum atomic E-state index is 12.6. The molecule has 2 aromatic rings. The number of aromatic nitrogens is 2. The number of para-hydroxylation sites is 1. The Labute approximate surface area is 165 Å². The second kappa shape index (κ2) is 8.74. The van der Waals surface area contributed by atoms with Crippen LogP contribution in [0.25, 0.3) is 0 Å². The minimum atomic E-state index is -3.63. The molecule has 0 spiro atoms. The molecule has 2 N–H and O–H groups in total. The minimum Gasteiger partial charge on any atom is -0.493 e. The summed E-state index contributed by atoms with van der Waals surface area (Å²) in [6.45, 7) is 4.74. The van der Waals surface area contributed by atoms with Gasteiger partial charge in [0.05, 0.1) is 24.4 Å². The number of likely N-dealkylation sites (tertiary alicyclic amines) is 1. The van der Waals surface area contributed by atoms with Gasteiger partial charge in [0.1, 0.15) is 10.6 Å². The molecule has 1 aliphatic heterocycles. The fraction of sp³-hybridized carbons (Fsp3) is 0.474. The van der Waals surface area contributed by atoms with Gasteiger partial charge in [0.15, 0.2) is 0 Å². The lowest BCUT2D eigenvalue weighted by atomic mass is 10.1. The van der Waals surface area contributed by atoms with Gasteiger partial charge in [-0.2, -0.15) is 5.10 Å². The van der Waals surface area contributed by atoms with E-state index in [0.29, 0.717) is 50.3 Å². The summed E-state index contributed by atoms with van der Waals surface area (Å²) in [4.78, 5) is 14.3. The maximum absolute atomic E-state index is 12.6. The predicted octanol–water partition coefficient (Wildman–Crippen LogP) is 1.76. The highest BCUT2D eigenvalue weighted by atomic mass is 32.2. The highest BCUT2D eigenvalue weighted by Gasteiger charge is 2.29. The molecule has 0 aliphatic carbocycles. The van der Waals surface area contributed by atoms with Crippen molar-refractivity contribution in [3.63, 3.8) is 0 Å². The fourth-order valence-corrected chi connectivity index (χ4v) is 5.07. The third-order valence-corrected chi connectivity index (χ3v) is 6.61. The number of carbonyl (C=O) groups excluding carboxylic acids is 1. The number of nitrogens with zero attached hydrogens (tertiary/aromatic N) is 2.